The molecule has 1 fully saturated rings. The van der Waals surface area contributed by atoms with E-state index in [9.17, 15) is 0 Å². The maximum Gasteiger partial charge on any atom is -0.0260 e. The van der Waals surface area contributed by atoms with Gasteiger partial charge in [-0.25, -0.2) is 0 Å². The van der Waals surface area contributed by atoms with Crippen molar-refractivity contribution in [2.24, 2.45) is 23.2 Å². The summed E-state index contributed by atoms with van der Waals surface area (Å²) in [5, 5.41) is 0. The van der Waals surface area contributed by atoms with Crippen LogP contribution in [0.25, 0.3) is 0 Å². The molecule has 0 spiro atoms. The molecule has 2 aliphatic rings. The fourth-order valence-corrected chi connectivity index (χ4v) is 4.55. The van der Waals surface area contributed by atoms with E-state index in [1.54, 1.807) is 11.1 Å². The first-order valence-electron chi connectivity index (χ1n) is 8.73. The van der Waals surface area contributed by atoms with Crippen molar-refractivity contribution in [3.05, 3.63) is 23.3 Å². The maximum atomic E-state index is 2.57. The summed E-state index contributed by atoms with van der Waals surface area (Å²) in [6.07, 6.45) is 14.5. The van der Waals surface area contributed by atoms with E-state index >= 15 is 0 Å². The second-order valence-electron chi connectivity index (χ2n) is 8.09. The van der Waals surface area contributed by atoms with E-state index in [0.717, 1.165) is 17.8 Å². The Labute approximate surface area is 126 Å². The molecule has 0 heteroatoms. The number of allylic oxidation sites excluding steroid dienone is 4. The zero-order valence-corrected chi connectivity index (χ0v) is 14.3. The fraction of sp³-hybridized carbons (Fsp3) is 0.800. The molecule has 3 atom stereocenters. The average Bonchev–Trinajstić information content (AvgIpc) is 2.70. The van der Waals surface area contributed by atoms with Gasteiger partial charge >= 0.3 is 0 Å². The molecule has 2 rings (SSSR count). The van der Waals surface area contributed by atoms with Crippen LogP contribution in [0.3, 0.4) is 0 Å². The largest absolute Gasteiger partial charge is 0.0853 e. The summed E-state index contributed by atoms with van der Waals surface area (Å²) in [6, 6.07) is 0. The Bertz CT molecular complexity index is 385. The normalized spacial score (nSPS) is 41.3. The molecule has 0 bridgehead atoms. The van der Waals surface area contributed by atoms with Gasteiger partial charge in [0.25, 0.3) is 0 Å². The number of rotatable bonds is 1. The highest BCUT2D eigenvalue weighted by Crippen LogP contribution is 2.54. The minimum absolute atomic E-state index is 0.556. The third kappa shape index (κ3) is 3.57. The molecule has 0 aromatic heterocycles. The lowest BCUT2D eigenvalue weighted by Gasteiger charge is -2.35. The summed E-state index contributed by atoms with van der Waals surface area (Å²) in [5.74, 6) is 2.72. The molecular weight excluding hydrogens is 240 g/mol. The Morgan fingerprint density at radius 1 is 1.05 bits per heavy atom. The Balaban J connectivity index is 2.24. The van der Waals surface area contributed by atoms with E-state index in [1.807, 2.05) is 0 Å². The van der Waals surface area contributed by atoms with Crippen LogP contribution in [0, 0.1) is 23.2 Å². The van der Waals surface area contributed by atoms with Crippen molar-refractivity contribution in [1.82, 2.24) is 0 Å². The number of fused-ring (bicyclic) bond motifs is 1. The van der Waals surface area contributed by atoms with Crippen LogP contribution in [0.5, 0.6) is 0 Å². The summed E-state index contributed by atoms with van der Waals surface area (Å²) in [5.41, 5.74) is 3.78. The van der Waals surface area contributed by atoms with E-state index in [4.69, 9.17) is 0 Å². The third-order valence-electron chi connectivity index (χ3n) is 6.12. The monoisotopic (exact) mass is 274 g/mol. The second-order valence-corrected chi connectivity index (χ2v) is 8.09. The van der Waals surface area contributed by atoms with Crippen LogP contribution in [0.4, 0.5) is 0 Å². The molecule has 1 saturated carbocycles. The van der Waals surface area contributed by atoms with Crippen molar-refractivity contribution < 1.29 is 0 Å². The highest BCUT2D eigenvalue weighted by atomic mass is 14.5. The molecule has 3 unspecified atom stereocenters. The molecule has 2 aliphatic carbocycles. The highest BCUT2D eigenvalue weighted by molar-refractivity contribution is 5.09. The van der Waals surface area contributed by atoms with E-state index in [2.05, 4.69) is 46.8 Å². The van der Waals surface area contributed by atoms with E-state index in [0.29, 0.717) is 5.41 Å². The van der Waals surface area contributed by atoms with Gasteiger partial charge in [0.05, 0.1) is 0 Å². The SMILES string of the molecule is C/C1=C/CC2(C)CCC(C(C)C)C2CC/C(C)=C/CC1. The smallest absolute Gasteiger partial charge is 0.0260 e. The molecule has 0 aromatic carbocycles. The van der Waals surface area contributed by atoms with Gasteiger partial charge in [-0.2, -0.15) is 0 Å². The van der Waals surface area contributed by atoms with Crippen LogP contribution in [0.15, 0.2) is 23.3 Å². The lowest BCUT2D eigenvalue weighted by Crippen LogP contribution is -2.27. The van der Waals surface area contributed by atoms with Crippen LogP contribution in [-0.4, -0.2) is 0 Å². The van der Waals surface area contributed by atoms with Gasteiger partial charge < -0.3 is 0 Å². The fourth-order valence-electron chi connectivity index (χ4n) is 4.55. The molecule has 0 saturated heterocycles. The van der Waals surface area contributed by atoms with Crippen LogP contribution in [0.2, 0.25) is 0 Å². The molecule has 114 valence electrons. The van der Waals surface area contributed by atoms with Gasteiger partial charge in [-0.05, 0) is 82.0 Å². The number of hydrogen-bond donors (Lipinski definition) is 0. The van der Waals surface area contributed by atoms with Gasteiger partial charge in [-0.15, -0.1) is 0 Å². The Kier molecular flexibility index (Phi) is 5.15. The lowest BCUT2D eigenvalue weighted by molar-refractivity contribution is 0.157. The van der Waals surface area contributed by atoms with Gasteiger partial charge in [0.2, 0.25) is 0 Å². The predicted molar refractivity (Wildman–Crippen MR) is 89.8 cm³/mol. The minimum atomic E-state index is 0.556. The molecule has 0 nitrogen and oxygen atoms in total. The maximum absolute atomic E-state index is 2.57. The number of hydrogen-bond acceptors (Lipinski definition) is 0. The molecule has 0 radical (unpaired) electrons. The molecule has 20 heavy (non-hydrogen) atoms. The van der Waals surface area contributed by atoms with Crippen LogP contribution in [-0.2, 0) is 0 Å². The van der Waals surface area contributed by atoms with Crippen molar-refractivity contribution in [3.63, 3.8) is 0 Å². The Hall–Kier alpha value is -0.520. The van der Waals surface area contributed by atoms with Gasteiger partial charge in [0.15, 0.2) is 0 Å². The summed E-state index contributed by atoms with van der Waals surface area (Å²) < 4.78 is 0. The van der Waals surface area contributed by atoms with Crippen LogP contribution >= 0.6 is 0 Å². The standard InChI is InChI=1S/C20H34/c1-15(2)18-12-14-20(5)13-11-17(4)8-6-7-16(3)9-10-19(18)20/h7,11,15,18-19H,6,8-10,12-14H2,1-5H3/b16-7+,17-11-. The van der Waals surface area contributed by atoms with Gasteiger partial charge in [-0.3, -0.25) is 0 Å². The first-order chi connectivity index (χ1) is 9.42. The third-order valence-corrected chi connectivity index (χ3v) is 6.12. The van der Waals surface area contributed by atoms with E-state index < -0.39 is 0 Å². The first kappa shape index (κ1) is 15.9. The van der Waals surface area contributed by atoms with E-state index in [1.165, 1.54) is 44.9 Å². The van der Waals surface area contributed by atoms with Gasteiger partial charge in [0.1, 0.15) is 0 Å². The lowest BCUT2D eigenvalue weighted by atomic mass is 9.70. The quantitative estimate of drug-likeness (QED) is 0.477. The molecule has 0 amide bonds. The zero-order valence-electron chi connectivity index (χ0n) is 14.3. The van der Waals surface area contributed by atoms with Crippen molar-refractivity contribution in [1.29, 1.82) is 0 Å². The summed E-state index contributed by atoms with van der Waals surface area (Å²) in [7, 11) is 0. The highest BCUT2D eigenvalue weighted by Gasteiger charge is 2.44. The summed E-state index contributed by atoms with van der Waals surface area (Å²) in [6.45, 7) is 12.1. The van der Waals surface area contributed by atoms with Crippen LogP contribution < -0.4 is 0 Å². The molecule has 0 aromatic rings. The summed E-state index contributed by atoms with van der Waals surface area (Å²) >= 11 is 0. The Morgan fingerprint density at radius 2 is 1.75 bits per heavy atom. The molecular formula is C20H34. The first-order valence-corrected chi connectivity index (χ1v) is 8.73. The van der Waals surface area contributed by atoms with Gasteiger partial charge in [-0.1, -0.05) is 44.1 Å². The Morgan fingerprint density at radius 3 is 2.45 bits per heavy atom. The van der Waals surface area contributed by atoms with Crippen molar-refractivity contribution in [2.75, 3.05) is 0 Å². The minimum Gasteiger partial charge on any atom is -0.0853 e. The second kappa shape index (κ2) is 6.50. The van der Waals surface area contributed by atoms with Crippen molar-refractivity contribution in [3.8, 4) is 0 Å². The molecule has 0 heterocycles. The predicted octanol–water partition coefficient (Wildman–Crippen LogP) is 6.53. The van der Waals surface area contributed by atoms with Gasteiger partial charge in [0, 0.05) is 0 Å². The average molecular weight is 274 g/mol. The van der Waals surface area contributed by atoms with Crippen molar-refractivity contribution in [2.45, 2.75) is 79.6 Å². The zero-order chi connectivity index (χ0) is 14.8. The summed E-state index contributed by atoms with van der Waals surface area (Å²) in [4.78, 5) is 0. The van der Waals surface area contributed by atoms with E-state index in [-0.39, 0.29) is 0 Å². The van der Waals surface area contributed by atoms with Crippen LogP contribution in [0.1, 0.15) is 79.6 Å². The molecule has 0 N–H and O–H groups in total. The van der Waals surface area contributed by atoms with Crippen molar-refractivity contribution >= 4 is 0 Å². The topological polar surface area (TPSA) is 0 Å². The molecule has 0 aliphatic heterocycles.